The number of nitrogens with zero attached hydrogens (tertiary/aromatic N) is 3. The summed E-state index contributed by atoms with van der Waals surface area (Å²) in [5, 5.41) is 3.09. The van der Waals surface area contributed by atoms with Crippen LogP contribution in [0.25, 0.3) is 0 Å². The van der Waals surface area contributed by atoms with E-state index in [-0.39, 0.29) is 5.91 Å². The Labute approximate surface area is 147 Å². The summed E-state index contributed by atoms with van der Waals surface area (Å²) in [6, 6.07) is 5.42. The Hall–Kier alpha value is -2.83. The van der Waals surface area contributed by atoms with Crippen molar-refractivity contribution in [1.29, 1.82) is 0 Å². The van der Waals surface area contributed by atoms with Crippen molar-refractivity contribution in [3.05, 3.63) is 36.2 Å². The van der Waals surface area contributed by atoms with E-state index in [2.05, 4.69) is 15.3 Å². The van der Waals surface area contributed by atoms with Crippen LogP contribution in [-0.2, 0) is 0 Å². The molecular weight excluding hydrogens is 320 g/mol. The molecule has 0 aliphatic carbocycles. The van der Waals surface area contributed by atoms with Crippen LogP contribution in [-0.4, -0.2) is 48.1 Å². The number of benzene rings is 1. The van der Waals surface area contributed by atoms with Gasteiger partial charge < -0.3 is 19.7 Å². The van der Waals surface area contributed by atoms with Gasteiger partial charge in [0.1, 0.15) is 11.5 Å². The summed E-state index contributed by atoms with van der Waals surface area (Å²) in [4.78, 5) is 22.8. The van der Waals surface area contributed by atoms with Crippen molar-refractivity contribution in [3.63, 3.8) is 0 Å². The number of aromatic nitrogens is 2. The molecule has 1 aliphatic heterocycles. The molecule has 1 saturated heterocycles. The van der Waals surface area contributed by atoms with Gasteiger partial charge in [-0.2, -0.15) is 0 Å². The lowest BCUT2D eigenvalue weighted by atomic mass is 10.1. The molecule has 1 aliphatic rings. The van der Waals surface area contributed by atoms with Crippen LogP contribution in [0.2, 0.25) is 0 Å². The Morgan fingerprint density at radius 2 is 1.80 bits per heavy atom. The first-order valence-electron chi connectivity index (χ1n) is 8.31. The molecule has 1 fully saturated rings. The number of carbonyl (C=O) groups excluding carboxylic acids is 1. The van der Waals surface area contributed by atoms with Gasteiger partial charge in [-0.05, 0) is 31.4 Å². The van der Waals surface area contributed by atoms with E-state index in [0.717, 1.165) is 31.6 Å². The molecule has 0 saturated carbocycles. The van der Waals surface area contributed by atoms with E-state index in [1.54, 1.807) is 32.7 Å². The molecule has 1 aromatic carbocycles. The van der Waals surface area contributed by atoms with E-state index in [0.29, 0.717) is 23.0 Å². The molecule has 1 aromatic heterocycles. The molecule has 1 amide bonds. The highest BCUT2D eigenvalue weighted by Gasteiger charge is 2.18. The monoisotopic (exact) mass is 342 g/mol. The van der Waals surface area contributed by atoms with Crippen molar-refractivity contribution < 1.29 is 14.3 Å². The second-order valence-electron chi connectivity index (χ2n) is 5.84. The summed E-state index contributed by atoms with van der Waals surface area (Å²) < 4.78 is 10.5. The molecule has 3 rings (SSSR count). The smallest absolute Gasteiger partial charge is 0.256 e. The number of methoxy groups -OCH3 is 2. The molecule has 7 nitrogen and oxygen atoms in total. The fraction of sp³-hybridized carbons (Fsp3) is 0.389. The minimum atomic E-state index is -0.00622. The number of piperidine rings is 1. The van der Waals surface area contributed by atoms with Gasteiger partial charge in [0.25, 0.3) is 5.91 Å². The average molecular weight is 342 g/mol. The van der Waals surface area contributed by atoms with Crippen molar-refractivity contribution in [2.75, 3.05) is 32.6 Å². The van der Waals surface area contributed by atoms with Crippen LogP contribution in [0.15, 0.2) is 30.6 Å². The number of anilines is 2. The van der Waals surface area contributed by atoms with E-state index < -0.39 is 0 Å². The van der Waals surface area contributed by atoms with Crippen LogP contribution in [0.5, 0.6) is 11.5 Å². The zero-order valence-corrected chi connectivity index (χ0v) is 14.5. The molecule has 7 heteroatoms. The molecule has 2 aromatic rings. The molecule has 0 atom stereocenters. The summed E-state index contributed by atoms with van der Waals surface area (Å²) in [5.74, 6) is 1.72. The molecule has 132 valence electrons. The molecule has 0 bridgehead atoms. The fourth-order valence-corrected chi connectivity index (χ4v) is 2.80. The lowest BCUT2D eigenvalue weighted by molar-refractivity contribution is 0.0723. The van der Waals surface area contributed by atoms with Gasteiger partial charge in [-0.25, -0.2) is 9.97 Å². The second-order valence-corrected chi connectivity index (χ2v) is 5.84. The predicted molar refractivity (Wildman–Crippen MR) is 94.6 cm³/mol. The van der Waals surface area contributed by atoms with E-state index >= 15 is 0 Å². The average Bonchev–Trinajstić information content (AvgIpc) is 2.69. The van der Waals surface area contributed by atoms with Crippen LogP contribution < -0.4 is 14.8 Å². The number of carbonyl (C=O) groups is 1. The SMILES string of the molecule is COc1ccc(Nc2ncc(C(=O)N3CCCCC3)cn2)c(OC)c1. The standard InChI is InChI=1S/C18H22N4O3/c1-24-14-6-7-15(16(10-14)25-2)21-18-19-11-13(12-20-18)17(23)22-8-4-3-5-9-22/h6-7,10-12H,3-5,8-9H2,1-2H3,(H,19,20,21). The van der Waals surface area contributed by atoms with Crippen molar-refractivity contribution in [1.82, 2.24) is 14.9 Å². The first-order valence-corrected chi connectivity index (χ1v) is 8.31. The minimum absolute atomic E-state index is 0.00622. The number of ether oxygens (including phenoxy) is 2. The molecule has 25 heavy (non-hydrogen) atoms. The molecule has 0 radical (unpaired) electrons. The van der Waals surface area contributed by atoms with Gasteiger partial charge in [-0.1, -0.05) is 0 Å². The zero-order chi connectivity index (χ0) is 17.6. The van der Waals surface area contributed by atoms with Crippen molar-refractivity contribution in [3.8, 4) is 11.5 Å². The number of hydrogen-bond acceptors (Lipinski definition) is 6. The summed E-state index contributed by atoms with van der Waals surface area (Å²) in [7, 11) is 3.18. The third-order valence-electron chi connectivity index (χ3n) is 4.20. The highest BCUT2D eigenvalue weighted by Crippen LogP contribution is 2.30. The Balaban J connectivity index is 1.71. The highest BCUT2D eigenvalue weighted by molar-refractivity contribution is 5.93. The van der Waals surface area contributed by atoms with E-state index in [1.165, 1.54) is 6.42 Å². The quantitative estimate of drug-likeness (QED) is 0.900. The first-order chi connectivity index (χ1) is 12.2. The lowest BCUT2D eigenvalue weighted by Crippen LogP contribution is -2.35. The van der Waals surface area contributed by atoms with Gasteiger partial charge in [0.05, 0.1) is 25.5 Å². The Morgan fingerprint density at radius 1 is 1.08 bits per heavy atom. The van der Waals surface area contributed by atoms with E-state index in [4.69, 9.17) is 9.47 Å². The van der Waals surface area contributed by atoms with Crippen molar-refractivity contribution >= 4 is 17.5 Å². The van der Waals surface area contributed by atoms with Crippen molar-refractivity contribution in [2.45, 2.75) is 19.3 Å². The van der Waals surface area contributed by atoms with Gasteiger partial charge in [0, 0.05) is 31.5 Å². The molecule has 1 N–H and O–H groups in total. The van der Waals surface area contributed by atoms with Crippen LogP contribution in [0.1, 0.15) is 29.6 Å². The first kappa shape index (κ1) is 17.0. The summed E-state index contributed by atoms with van der Waals surface area (Å²) in [6.07, 6.45) is 6.42. The largest absolute Gasteiger partial charge is 0.497 e. The maximum absolute atomic E-state index is 12.4. The van der Waals surface area contributed by atoms with Gasteiger partial charge in [0.15, 0.2) is 0 Å². The Bertz CT molecular complexity index is 728. The lowest BCUT2D eigenvalue weighted by Gasteiger charge is -2.26. The third-order valence-corrected chi connectivity index (χ3v) is 4.20. The normalized spacial score (nSPS) is 14.1. The third kappa shape index (κ3) is 3.99. The maximum atomic E-state index is 12.4. The Morgan fingerprint density at radius 3 is 2.44 bits per heavy atom. The summed E-state index contributed by atoms with van der Waals surface area (Å²) in [5.41, 5.74) is 1.23. The topological polar surface area (TPSA) is 76.6 Å². The minimum Gasteiger partial charge on any atom is -0.497 e. The van der Waals surface area contributed by atoms with Crippen LogP contribution in [0, 0.1) is 0 Å². The number of hydrogen-bond donors (Lipinski definition) is 1. The highest BCUT2D eigenvalue weighted by atomic mass is 16.5. The van der Waals surface area contributed by atoms with Gasteiger partial charge in [-0.3, -0.25) is 4.79 Å². The van der Waals surface area contributed by atoms with Gasteiger partial charge in [0.2, 0.25) is 5.95 Å². The summed E-state index contributed by atoms with van der Waals surface area (Å²) >= 11 is 0. The van der Waals surface area contributed by atoms with Gasteiger partial charge >= 0.3 is 0 Å². The molecule has 2 heterocycles. The van der Waals surface area contributed by atoms with Crippen LogP contribution >= 0.6 is 0 Å². The Kier molecular flexibility index (Phi) is 5.33. The second kappa shape index (κ2) is 7.83. The fourth-order valence-electron chi connectivity index (χ4n) is 2.80. The summed E-state index contributed by atoms with van der Waals surface area (Å²) in [6.45, 7) is 1.61. The zero-order valence-electron chi connectivity index (χ0n) is 14.5. The molecular formula is C18H22N4O3. The molecule has 0 unspecified atom stereocenters. The maximum Gasteiger partial charge on any atom is 0.256 e. The van der Waals surface area contributed by atoms with Gasteiger partial charge in [-0.15, -0.1) is 0 Å². The predicted octanol–water partition coefficient (Wildman–Crippen LogP) is 2.86. The van der Waals surface area contributed by atoms with Crippen LogP contribution in [0.3, 0.4) is 0 Å². The van der Waals surface area contributed by atoms with E-state index in [1.807, 2.05) is 17.0 Å². The number of nitrogens with one attached hydrogen (secondary N) is 1. The van der Waals surface area contributed by atoms with E-state index in [9.17, 15) is 4.79 Å². The number of amides is 1. The number of rotatable bonds is 5. The number of likely N-dealkylation sites (tertiary alicyclic amines) is 1. The van der Waals surface area contributed by atoms with Crippen molar-refractivity contribution in [2.24, 2.45) is 0 Å². The molecule has 0 spiro atoms. The van der Waals surface area contributed by atoms with Crippen LogP contribution in [0.4, 0.5) is 11.6 Å².